The van der Waals surface area contributed by atoms with Crippen LogP contribution in [0, 0.1) is 0 Å². The van der Waals surface area contributed by atoms with Gasteiger partial charge in [-0.2, -0.15) is 20.5 Å². The van der Waals surface area contributed by atoms with Crippen molar-refractivity contribution in [2.75, 3.05) is 21.3 Å². The number of azo groups is 2. The Hall–Kier alpha value is -5.74. The first-order valence-corrected chi connectivity index (χ1v) is 21.4. The van der Waals surface area contributed by atoms with E-state index in [1.165, 1.54) is 50.2 Å². The van der Waals surface area contributed by atoms with E-state index < -0.39 is 47.3 Å². The van der Waals surface area contributed by atoms with Crippen molar-refractivity contribution in [3.05, 3.63) is 137 Å². The molecule has 0 aliphatic carbocycles. The Bertz CT molecular complexity index is 2680. The van der Waals surface area contributed by atoms with E-state index in [9.17, 15) is 28.8 Å². The Kier molecular flexibility index (Phi) is 17.1. The highest BCUT2D eigenvalue weighted by molar-refractivity contribution is 6.41. The van der Waals surface area contributed by atoms with Gasteiger partial charge in [0.1, 0.15) is 11.4 Å². The maximum atomic E-state index is 13.7. The number of halogens is 6. The van der Waals surface area contributed by atoms with Gasteiger partial charge in [-0.3, -0.25) is 28.8 Å². The number of carbonyl (C=O) groups excluding carboxylic acids is 6. The van der Waals surface area contributed by atoms with E-state index in [1.807, 2.05) is 13.8 Å². The number of nitrogens with zero attached hydrogens (tertiary/aromatic N) is 4. The first-order chi connectivity index (χ1) is 30.4. The van der Waals surface area contributed by atoms with Crippen LogP contribution < -0.4 is 21.3 Å². The zero-order valence-electron chi connectivity index (χ0n) is 34.2. The Morgan fingerprint density at radius 3 is 1.22 bits per heavy atom. The molecule has 5 aromatic rings. The molecule has 2 unspecified atom stereocenters. The molecule has 14 nitrogen and oxygen atoms in total. The highest BCUT2D eigenvalue weighted by atomic mass is 35.5. The lowest BCUT2D eigenvalue weighted by molar-refractivity contribution is -0.127. The van der Waals surface area contributed by atoms with Gasteiger partial charge in [-0.25, -0.2) is 0 Å². The third-order valence-corrected chi connectivity index (χ3v) is 11.1. The van der Waals surface area contributed by atoms with Gasteiger partial charge in [-0.05, 0) is 111 Å². The molecule has 330 valence electrons. The van der Waals surface area contributed by atoms with Gasteiger partial charge in [0.05, 0.1) is 41.5 Å². The van der Waals surface area contributed by atoms with E-state index in [4.69, 9.17) is 69.6 Å². The van der Waals surface area contributed by atoms with Gasteiger partial charge < -0.3 is 21.3 Å². The Labute approximate surface area is 397 Å². The van der Waals surface area contributed by atoms with Gasteiger partial charge in [0.2, 0.25) is 12.1 Å². The van der Waals surface area contributed by atoms with Crippen molar-refractivity contribution in [2.45, 2.75) is 52.6 Å². The number of anilines is 4. The summed E-state index contributed by atoms with van der Waals surface area (Å²) in [5.74, 6) is -4.07. The number of hydrogen-bond acceptors (Lipinski definition) is 10. The van der Waals surface area contributed by atoms with Crippen LogP contribution in [0.1, 0.15) is 59.5 Å². The normalized spacial score (nSPS) is 12.2. The lowest BCUT2D eigenvalue weighted by atomic mass is 10.0. The molecule has 0 aromatic heterocycles. The minimum Gasteiger partial charge on any atom is -0.324 e. The molecule has 20 heteroatoms. The fourth-order valence-corrected chi connectivity index (χ4v) is 7.20. The minimum absolute atomic E-state index is 0.00279. The van der Waals surface area contributed by atoms with Crippen LogP contribution in [0.4, 0.5) is 34.1 Å². The Balaban J connectivity index is 1.32. The molecule has 0 heterocycles. The molecule has 4 N–H and O–H groups in total. The van der Waals surface area contributed by atoms with Crippen LogP contribution in [0.3, 0.4) is 0 Å². The first-order valence-electron chi connectivity index (χ1n) is 19.1. The van der Waals surface area contributed by atoms with Crippen molar-refractivity contribution in [3.63, 3.8) is 0 Å². The van der Waals surface area contributed by atoms with Gasteiger partial charge in [0.25, 0.3) is 23.6 Å². The Morgan fingerprint density at radius 1 is 0.484 bits per heavy atom. The number of carbonyl (C=O) groups is 6. The van der Waals surface area contributed by atoms with E-state index in [-0.39, 0.29) is 69.7 Å². The number of rotatable bonds is 16. The van der Waals surface area contributed by atoms with Crippen molar-refractivity contribution in [3.8, 4) is 0 Å². The standard InChI is InChI=1S/C44H36Cl6N8O6/c1-5-23-17-27(51-43(63)36(21(3)59)57-55-34-19-25(13-15-28(34)45)41(61)53-39-30(47)9-7-10-31(39)48)18-24(6-2)38(23)52-44(64)37(22(4)60)58-56-35-20-26(14-16-29(35)46)42(62)54-40-32(49)11-8-12-33(40)50/h7-20,36-37H,5-6H2,1-4H3,(H,51,63)(H,52,64)(H,53,61)(H,54,62). The summed E-state index contributed by atoms with van der Waals surface area (Å²) in [4.78, 5) is 78.8. The summed E-state index contributed by atoms with van der Waals surface area (Å²) in [6.45, 7) is 5.97. The molecule has 64 heavy (non-hydrogen) atoms. The van der Waals surface area contributed by atoms with Gasteiger partial charge in [-0.1, -0.05) is 95.6 Å². The smallest absolute Gasteiger partial charge is 0.258 e. The number of ketones is 2. The summed E-state index contributed by atoms with van der Waals surface area (Å²) in [6, 6.07) is 17.8. The molecule has 0 fully saturated rings. The second-order valence-corrected chi connectivity index (χ2v) is 16.2. The second kappa shape index (κ2) is 22.2. The summed E-state index contributed by atoms with van der Waals surface area (Å²) >= 11 is 37.5. The summed E-state index contributed by atoms with van der Waals surface area (Å²) in [5, 5.41) is 27.9. The molecular weight excluding hydrogens is 949 g/mol. The molecule has 0 spiro atoms. The molecule has 4 amide bonds. The van der Waals surface area contributed by atoms with E-state index in [0.717, 1.165) is 0 Å². The monoisotopic (exact) mass is 982 g/mol. The fraction of sp³-hybridized carbons (Fsp3) is 0.182. The highest BCUT2D eigenvalue weighted by Gasteiger charge is 2.27. The maximum Gasteiger partial charge on any atom is 0.258 e. The van der Waals surface area contributed by atoms with Crippen LogP contribution in [-0.2, 0) is 32.0 Å². The van der Waals surface area contributed by atoms with Gasteiger partial charge >= 0.3 is 0 Å². The van der Waals surface area contributed by atoms with Crippen molar-refractivity contribution in [2.24, 2.45) is 20.5 Å². The van der Waals surface area contributed by atoms with Crippen LogP contribution in [0.2, 0.25) is 30.1 Å². The lowest BCUT2D eigenvalue weighted by Crippen LogP contribution is -2.33. The molecule has 0 aliphatic rings. The quantitative estimate of drug-likeness (QED) is 0.0560. The predicted molar refractivity (Wildman–Crippen MR) is 252 cm³/mol. The average Bonchev–Trinajstić information content (AvgIpc) is 3.24. The van der Waals surface area contributed by atoms with E-state index in [2.05, 4.69) is 41.7 Å². The summed E-state index contributed by atoms with van der Waals surface area (Å²) < 4.78 is 0. The van der Waals surface area contributed by atoms with Crippen LogP contribution >= 0.6 is 69.6 Å². The van der Waals surface area contributed by atoms with Crippen molar-refractivity contribution < 1.29 is 28.8 Å². The predicted octanol–water partition coefficient (Wildman–Crippen LogP) is 12.6. The SMILES string of the molecule is CCc1cc(NC(=O)C(N=Nc2cc(C(=O)Nc3c(Cl)cccc3Cl)ccc2Cl)C(C)=O)cc(CC)c1NC(=O)C(N=Nc1cc(C(=O)Nc2c(Cl)cccc2Cl)ccc1Cl)C(C)=O. The molecule has 0 aliphatic heterocycles. The molecule has 5 aromatic carbocycles. The number of amides is 4. The fourth-order valence-electron chi connectivity index (χ4n) is 5.90. The number of benzene rings is 5. The van der Waals surface area contributed by atoms with Crippen LogP contribution in [0.5, 0.6) is 0 Å². The molecular formula is C44H36Cl6N8O6. The van der Waals surface area contributed by atoms with Crippen LogP contribution in [0.15, 0.2) is 105 Å². The number of Topliss-reactive ketones (excluding diaryl/α,β-unsaturated/α-hetero) is 2. The molecule has 0 saturated carbocycles. The van der Waals surface area contributed by atoms with Crippen molar-refractivity contribution in [1.29, 1.82) is 0 Å². The topological polar surface area (TPSA) is 200 Å². The van der Waals surface area contributed by atoms with E-state index in [1.54, 1.807) is 48.5 Å². The molecule has 0 saturated heterocycles. The minimum atomic E-state index is -1.62. The zero-order valence-corrected chi connectivity index (χ0v) is 38.7. The highest BCUT2D eigenvalue weighted by Crippen LogP contribution is 2.34. The first kappa shape index (κ1) is 49.3. The number of hydrogen-bond donors (Lipinski definition) is 4. The molecule has 0 radical (unpaired) electrons. The summed E-state index contributed by atoms with van der Waals surface area (Å²) in [5.41, 5.74) is 2.44. The maximum absolute atomic E-state index is 13.7. The van der Waals surface area contributed by atoms with E-state index >= 15 is 0 Å². The number of nitrogens with one attached hydrogen (secondary N) is 4. The largest absolute Gasteiger partial charge is 0.324 e. The summed E-state index contributed by atoms with van der Waals surface area (Å²) in [7, 11) is 0. The summed E-state index contributed by atoms with van der Waals surface area (Å²) in [6.07, 6.45) is 0.729. The molecule has 2 atom stereocenters. The zero-order chi connectivity index (χ0) is 46.8. The second-order valence-electron chi connectivity index (χ2n) is 13.7. The number of aryl methyl sites for hydroxylation is 2. The van der Waals surface area contributed by atoms with Crippen molar-refractivity contribution in [1.82, 2.24) is 0 Å². The van der Waals surface area contributed by atoms with Gasteiger partial charge in [-0.15, -0.1) is 0 Å². The van der Waals surface area contributed by atoms with Crippen LogP contribution in [0.25, 0.3) is 0 Å². The third kappa shape index (κ3) is 12.3. The third-order valence-electron chi connectivity index (χ3n) is 9.23. The molecule has 5 rings (SSSR count). The number of para-hydroxylation sites is 2. The molecule has 0 bridgehead atoms. The Morgan fingerprint density at radius 2 is 0.859 bits per heavy atom. The van der Waals surface area contributed by atoms with Crippen LogP contribution in [-0.4, -0.2) is 47.3 Å². The van der Waals surface area contributed by atoms with Gasteiger partial charge in [0, 0.05) is 22.5 Å². The average molecular weight is 986 g/mol. The lowest BCUT2D eigenvalue weighted by Gasteiger charge is -2.19. The van der Waals surface area contributed by atoms with Crippen molar-refractivity contribution >= 4 is 139 Å². The van der Waals surface area contributed by atoms with Gasteiger partial charge in [0.15, 0.2) is 11.6 Å². The van der Waals surface area contributed by atoms with E-state index in [0.29, 0.717) is 29.7 Å².